The summed E-state index contributed by atoms with van der Waals surface area (Å²) in [6, 6.07) is 6.21. The Kier molecular flexibility index (Phi) is 5.09. The van der Waals surface area contributed by atoms with Gasteiger partial charge < -0.3 is 5.32 Å². The second-order valence-corrected chi connectivity index (χ2v) is 8.43. The van der Waals surface area contributed by atoms with Crippen molar-refractivity contribution in [2.75, 3.05) is 31.2 Å². The van der Waals surface area contributed by atoms with Crippen LogP contribution in [0.15, 0.2) is 22.7 Å². The first-order chi connectivity index (χ1) is 9.34. The predicted octanol–water partition coefficient (Wildman–Crippen LogP) is 2.84. The zero-order valence-electron chi connectivity index (χ0n) is 11.9. The van der Waals surface area contributed by atoms with Crippen molar-refractivity contribution in [3.8, 4) is 0 Å². The summed E-state index contributed by atoms with van der Waals surface area (Å²) in [5.41, 5.74) is 2.27. The van der Waals surface area contributed by atoms with Crippen LogP contribution >= 0.6 is 15.9 Å². The van der Waals surface area contributed by atoms with E-state index in [0.29, 0.717) is 19.0 Å². The van der Waals surface area contributed by atoms with Crippen molar-refractivity contribution in [1.82, 2.24) is 4.31 Å². The fraction of sp³-hybridized carbons (Fsp3) is 0.571. The summed E-state index contributed by atoms with van der Waals surface area (Å²) >= 11 is 3.49. The molecule has 0 spiro atoms. The maximum Gasteiger partial charge on any atom is 0.211 e. The first kappa shape index (κ1) is 15.8. The van der Waals surface area contributed by atoms with Crippen molar-refractivity contribution in [3.63, 3.8) is 0 Å². The number of benzene rings is 1. The third-order valence-electron chi connectivity index (χ3n) is 3.59. The molecule has 6 heteroatoms. The summed E-state index contributed by atoms with van der Waals surface area (Å²) < 4.78 is 25.8. The highest BCUT2D eigenvalue weighted by atomic mass is 79.9. The molecule has 20 heavy (non-hydrogen) atoms. The Balaban J connectivity index is 1.93. The number of hydrogen-bond donors (Lipinski definition) is 1. The van der Waals surface area contributed by atoms with Gasteiger partial charge in [-0.2, -0.15) is 0 Å². The van der Waals surface area contributed by atoms with E-state index in [-0.39, 0.29) is 0 Å². The van der Waals surface area contributed by atoms with Gasteiger partial charge in [-0.05, 0) is 49.4 Å². The molecule has 0 radical (unpaired) electrons. The van der Waals surface area contributed by atoms with E-state index in [9.17, 15) is 8.42 Å². The van der Waals surface area contributed by atoms with Crippen molar-refractivity contribution in [2.24, 2.45) is 5.92 Å². The first-order valence-electron chi connectivity index (χ1n) is 6.81. The highest BCUT2D eigenvalue weighted by molar-refractivity contribution is 9.10. The molecule has 0 saturated carbocycles. The quantitative estimate of drug-likeness (QED) is 0.897. The van der Waals surface area contributed by atoms with Gasteiger partial charge in [-0.3, -0.25) is 0 Å². The minimum Gasteiger partial charge on any atom is -0.385 e. The van der Waals surface area contributed by atoms with E-state index in [2.05, 4.69) is 40.3 Å². The molecule has 0 aliphatic carbocycles. The Hall–Kier alpha value is -0.590. The summed E-state index contributed by atoms with van der Waals surface area (Å²) in [7, 11) is -3.06. The van der Waals surface area contributed by atoms with E-state index in [0.717, 1.165) is 29.5 Å². The van der Waals surface area contributed by atoms with Gasteiger partial charge in [-0.15, -0.1) is 0 Å². The predicted molar refractivity (Wildman–Crippen MR) is 86.5 cm³/mol. The van der Waals surface area contributed by atoms with Crippen molar-refractivity contribution < 1.29 is 8.42 Å². The number of nitrogens with one attached hydrogen (secondary N) is 1. The van der Waals surface area contributed by atoms with E-state index >= 15 is 0 Å². The Morgan fingerprint density at radius 1 is 1.40 bits per heavy atom. The van der Waals surface area contributed by atoms with Crippen LogP contribution in [0.25, 0.3) is 0 Å². The van der Waals surface area contributed by atoms with Gasteiger partial charge in [0.15, 0.2) is 0 Å². The van der Waals surface area contributed by atoms with Gasteiger partial charge in [0.25, 0.3) is 0 Å². The molecule has 112 valence electrons. The molecule has 1 heterocycles. The number of aryl methyl sites for hydroxylation is 1. The molecule has 1 aromatic carbocycles. The van der Waals surface area contributed by atoms with Crippen molar-refractivity contribution in [3.05, 3.63) is 28.2 Å². The molecular formula is C14H21BrN2O2S. The Labute approximate surface area is 129 Å². The highest BCUT2D eigenvalue weighted by Crippen LogP contribution is 2.22. The Morgan fingerprint density at radius 3 is 2.80 bits per heavy atom. The molecule has 1 atom stereocenters. The number of rotatable bonds is 4. The van der Waals surface area contributed by atoms with Crippen molar-refractivity contribution in [2.45, 2.75) is 19.8 Å². The van der Waals surface area contributed by atoms with E-state index in [1.165, 1.54) is 11.8 Å². The van der Waals surface area contributed by atoms with E-state index in [1.807, 2.05) is 6.07 Å². The molecular weight excluding hydrogens is 340 g/mol. The van der Waals surface area contributed by atoms with Gasteiger partial charge in [0, 0.05) is 29.8 Å². The van der Waals surface area contributed by atoms with Gasteiger partial charge in [0.2, 0.25) is 10.0 Å². The van der Waals surface area contributed by atoms with Crippen LogP contribution in [0.2, 0.25) is 0 Å². The minimum atomic E-state index is -3.06. The number of halogens is 1. The average molecular weight is 361 g/mol. The molecule has 0 bridgehead atoms. The molecule has 1 fully saturated rings. The molecule has 1 aromatic rings. The van der Waals surface area contributed by atoms with Crippen LogP contribution in [0, 0.1) is 12.8 Å². The van der Waals surface area contributed by atoms with Gasteiger partial charge in [0.05, 0.1) is 6.26 Å². The Bertz CT molecular complexity index is 554. The average Bonchev–Trinajstić information content (AvgIpc) is 2.35. The molecule has 0 amide bonds. The van der Waals surface area contributed by atoms with Crippen LogP contribution in [0.1, 0.15) is 18.4 Å². The van der Waals surface area contributed by atoms with Crippen LogP contribution in [-0.2, 0) is 10.0 Å². The summed E-state index contributed by atoms with van der Waals surface area (Å²) in [5.74, 6) is 0.373. The lowest BCUT2D eigenvalue weighted by Gasteiger charge is -2.31. The monoisotopic (exact) mass is 360 g/mol. The molecule has 1 saturated heterocycles. The summed E-state index contributed by atoms with van der Waals surface area (Å²) in [4.78, 5) is 0. The van der Waals surface area contributed by atoms with Crippen LogP contribution in [0.5, 0.6) is 0 Å². The molecule has 2 rings (SSSR count). The molecule has 1 unspecified atom stereocenters. The normalized spacial score (nSPS) is 20.9. The number of piperidine rings is 1. The number of anilines is 1. The minimum absolute atomic E-state index is 0.373. The van der Waals surface area contributed by atoms with Gasteiger partial charge >= 0.3 is 0 Å². The second-order valence-electron chi connectivity index (χ2n) is 5.53. The van der Waals surface area contributed by atoms with Crippen LogP contribution in [0.4, 0.5) is 5.69 Å². The van der Waals surface area contributed by atoms with Gasteiger partial charge in [0.1, 0.15) is 0 Å². The maximum absolute atomic E-state index is 11.6. The lowest BCUT2D eigenvalue weighted by molar-refractivity contribution is 0.277. The van der Waals surface area contributed by atoms with Crippen LogP contribution in [-0.4, -0.2) is 38.6 Å². The maximum atomic E-state index is 11.6. The fourth-order valence-corrected chi connectivity index (χ4v) is 4.15. The number of hydrogen-bond acceptors (Lipinski definition) is 3. The summed E-state index contributed by atoms with van der Waals surface area (Å²) in [6.45, 7) is 4.15. The summed E-state index contributed by atoms with van der Waals surface area (Å²) in [5, 5.41) is 3.42. The van der Waals surface area contributed by atoms with Crippen LogP contribution in [0.3, 0.4) is 0 Å². The molecule has 0 aromatic heterocycles. The van der Waals surface area contributed by atoms with Crippen molar-refractivity contribution in [1.29, 1.82) is 0 Å². The standard InChI is InChI=1S/C14H21BrN2O2S/c1-11-6-13(15)8-14(7-11)16-9-12-4-3-5-17(10-12)20(2,18)19/h6-8,12,16H,3-5,9-10H2,1-2H3. The summed E-state index contributed by atoms with van der Waals surface area (Å²) in [6.07, 6.45) is 3.31. The molecule has 1 aliphatic heterocycles. The number of nitrogens with zero attached hydrogens (tertiary/aromatic N) is 1. The molecule has 1 N–H and O–H groups in total. The number of sulfonamides is 1. The Morgan fingerprint density at radius 2 is 2.15 bits per heavy atom. The van der Waals surface area contributed by atoms with E-state index in [4.69, 9.17) is 0 Å². The first-order valence-corrected chi connectivity index (χ1v) is 9.45. The lowest BCUT2D eigenvalue weighted by Crippen LogP contribution is -2.41. The SMILES string of the molecule is Cc1cc(Br)cc(NCC2CCCN(S(C)(=O)=O)C2)c1. The highest BCUT2D eigenvalue weighted by Gasteiger charge is 2.25. The molecule has 4 nitrogen and oxygen atoms in total. The fourth-order valence-electron chi connectivity index (χ4n) is 2.60. The van der Waals surface area contributed by atoms with E-state index in [1.54, 1.807) is 4.31 Å². The van der Waals surface area contributed by atoms with Gasteiger partial charge in [-0.25, -0.2) is 12.7 Å². The lowest BCUT2D eigenvalue weighted by atomic mass is 9.99. The molecule has 1 aliphatic rings. The zero-order valence-corrected chi connectivity index (χ0v) is 14.3. The topological polar surface area (TPSA) is 49.4 Å². The third kappa shape index (κ3) is 4.46. The van der Waals surface area contributed by atoms with Crippen LogP contribution < -0.4 is 5.32 Å². The third-order valence-corrected chi connectivity index (χ3v) is 5.32. The van der Waals surface area contributed by atoms with Crippen molar-refractivity contribution >= 4 is 31.6 Å². The van der Waals surface area contributed by atoms with E-state index < -0.39 is 10.0 Å². The largest absolute Gasteiger partial charge is 0.385 e. The smallest absolute Gasteiger partial charge is 0.211 e. The second kappa shape index (κ2) is 6.45. The van der Waals surface area contributed by atoms with Gasteiger partial charge in [-0.1, -0.05) is 15.9 Å². The zero-order chi connectivity index (χ0) is 14.8.